The van der Waals surface area contributed by atoms with Gasteiger partial charge in [0.15, 0.2) is 6.23 Å². The van der Waals surface area contributed by atoms with E-state index < -0.39 is 51.8 Å². The normalized spacial score (nSPS) is 27.9. The zero-order valence-electron chi connectivity index (χ0n) is 16.7. The van der Waals surface area contributed by atoms with E-state index in [1.54, 1.807) is 0 Å². The summed E-state index contributed by atoms with van der Waals surface area (Å²) in [7, 11) is -10.6. The van der Waals surface area contributed by atoms with E-state index in [1.807, 2.05) is 0 Å². The molecular formula is C15H19N5O11P2. The molecule has 180 valence electrons. The number of ether oxygens (including phenoxy) is 1. The second kappa shape index (κ2) is 7.92. The van der Waals surface area contributed by atoms with Gasteiger partial charge in [0.1, 0.15) is 23.3 Å². The zero-order valence-corrected chi connectivity index (χ0v) is 18.5. The lowest BCUT2D eigenvalue weighted by molar-refractivity contribution is -0.102. The Bertz CT molecular complexity index is 1380. The van der Waals surface area contributed by atoms with Crippen molar-refractivity contribution in [2.24, 2.45) is 0 Å². The molecule has 0 bridgehead atoms. The van der Waals surface area contributed by atoms with Gasteiger partial charge in [-0.15, -0.1) is 0 Å². The van der Waals surface area contributed by atoms with Crippen molar-refractivity contribution in [1.82, 2.24) is 20.0 Å². The topological polar surface area (TPSA) is 253 Å². The molecule has 5 atom stereocenters. The van der Waals surface area contributed by atoms with Crippen molar-refractivity contribution in [2.75, 3.05) is 12.3 Å². The molecule has 0 radical (unpaired) electrons. The van der Waals surface area contributed by atoms with E-state index in [-0.39, 0.29) is 16.6 Å². The van der Waals surface area contributed by atoms with Crippen molar-refractivity contribution in [2.45, 2.75) is 31.0 Å². The Morgan fingerprint density at radius 2 is 2.03 bits per heavy atom. The summed E-state index contributed by atoms with van der Waals surface area (Å²) in [5.41, 5.74) is 3.96. The Morgan fingerprint density at radius 1 is 1.33 bits per heavy atom. The number of aliphatic hydroxyl groups excluding tert-OH is 1. The van der Waals surface area contributed by atoms with E-state index >= 15 is 0 Å². The average molecular weight is 507 g/mol. The third-order valence-corrected chi connectivity index (χ3v) is 7.25. The number of phosphoric ester groups is 1. The monoisotopic (exact) mass is 507 g/mol. The second-order valence-electron chi connectivity index (χ2n) is 7.53. The summed E-state index contributed by atoms with van der Waals surface area (Å²) >= 11 is 0. The Kier molecular flexibility index (Phi) is 5.74. The highest BCUT2D eigenvalue weighted by atomic mass is 31.3. The fourth-order valence-electron chi connectivity index (χ4n) is 3.63. The molecule has 1 saturated heterocycles. The minimum Gasteiger partial charge on any atom is -0.398 e. The number of aromatic nitrogens is 4. The van der Waals surface area contributed by atoms with Gasteiger partial charge in [-0.1, -0.05) is 0 Å². The minimum atomic E-state index is -5.35. The van der Waals surface area contributed by atoms with Crippen LogP contribution in [0.15, 0.2) is 23.3 Å². The van der Waals surface area contributed by atoms with Crippen LogP contribution < -0.4 is 11.3 Å². The summed E-state index contributed by atoms with van der Waals surface area (Å²) < 4.78 is 37.4. The van der Waals surface area contributed by atoms with Crippen LogP contribution in [0.2, 0.25) is 0 Å². The standard InChI is InChI=1S/C15H19N5O11P2/c1-15(23)12(21)10(5-29-33(27,28)31-32(24,25)26)30-14(15)20-4-7-8(16)2-6-11(7)9(19-20)3-17-18-13(6)22/h2-4,10,12,14,21,23H,5,16H2,1H3,(H,18,22)(H,27,28)(H2,24,25,26)/t10-,12-,14-,15-/m1/s1. The number of nitrogens with one attached hydrogen (secondary N) is 1. The van der Waals surface area contributed by atoms with Gasteiger partial charge in [0.25, 0.3) is 5.56 Å². The number of rotatable bonds is 6. The third-order valence-electron chi connectivity index (χ3n) is 5.09. The molecule has 0 saturated carbocycles. The van der Waals surface area contributed by atoms with Gasteiger partial charge in [-0.05, 0) is 13.0 Å². The van der Waals surface area contributed by atoms with E-state index in [2.05, 4.69) is 24.1 Å². The molecule has 1 aliphatic heterocycles. The molecule has 0 aliphatic carbocycles. The van der Waals surface area contributed by atoms with E-state index in [0.29, 0.717) is 10.8 Å². The summed E-state index contributed by atoms with van der Waals surface area (Å²) in [6, 6.07) is 1.43. The second-order valence-corrected chi connectivity index (χ2v) is 10.4. The maximum absolute atomic E-state index is 12.1. The quantitative estimate of drug-likeness (QED) is 0.200. The minimum absolute atomic E-state index is 0.209. The van der Waals surface area contributed by atoms with Crippen molar-refractivity contribution >= 4 is 43.0 Å². The largest absolute Gasteiger partial charge is 0.481 e. The van der Waals surface area contributed by atoms with Crippen LogP contribution in [0.3, 0.4) is 0 Å². The molecule has 1 fully saturated rings. The summed E-state index contributed by atoms with van der Waals surface area (Å²) in [6.07, 6.45) is -1.85. The molecule has 1 aliphatic rings. The lowest BCUT2D eigenvalue weighted by atomic mass is 9.97. The van der Waals surface area contributed by atoms with Gasteiger partial charge in [-0.2, -0.15) is 14.5 Å². The number of aromatic amines is 1. The predicted octanol–water partition coefficient (Wildman–Crippen LogP) is -0.909. The van der Waals surface area contributed by atoms with Crippen LogP contribution in [0.5, 0.6) is 0 Å². The van der Waals surface area contributed by atoms with Crippen LogP contribution in [0.4, 0.5) is 5.69 Å². The Morgan fingerprint density at radius 3 is 2.70 bits per heavy atom. The third kappa shape index (κ3) is 4.46. The van der Waals surface area contributed by atoms with Crippen molar-refractivity contribution in [3.63, 3.8) is 0 Å². The first-order chi connectivity index (χ1) is 15.2. The number of phosphoric acid groups is 2. The van der Waals surface area contributed by atoms with Crippen LogP contribution >= 0.6 is 15.6 Å². The zero-order chi connectivity index (χ0) is 24.3. The van der Waals surface area contributed by atoms with Crippen LogP contribution in [0.25, 0.3) is 21.7 Å². The average Bonchev–Trinajstić information content (AvgIpc) is 3.06. The van der Waals surface area contributed by atoms with Crippen molar-refractivity contribution < 1.29 is 47.6 Å². The van der Waals surface area contributed by atoms with Gasteiger partial charge in [-0.3, -0.25) is 9.32 Å². The van der Waals surface area contributed by atoms with Crippen molar-refractivity contribution in [3.05, 3.63) is 28.8 Å². The first-order valence-corrected chi connectivity index (χ1v) is 12.2. The molecule has 8 N–H and O–H groups in total. The first kappa shape index (κ1) is 23.9. The van der Waals surface area contributed by atoms with E-state index in [4.69, 9.17) is 20.3 Å². The SMILES string of the molecule is C[C@@]1(O)[C@H](O)[C@@H](COP(=O)(O)OP(=O)(O)O)O[C@H]1n1cc2c(N)cc3c(=O)[nH]ncc(n1)c23. The molecule has 3 heterocycles. The maximum Gasteiger partial charge on any atom is 0.481 e. The molecular weight excluding hydrogens is 488 g/mol. The fourth-order valence-corrected chi connectivity index (χ4v) is 5.23. The number of anilines is 1. The molecule has 2 aromatic heterocycles. The van der Waals surface area contributed by atoms with Crippen LogP contribution in [-0.2, 0) is 22.7 Å². The van der Waals surface area contributed by atoms with Gasteiger partial charge in [-0.25, -0.2) is 18.9 Å². The van der Waals surface area contributed by atoms with E-state index in [0.717, 1.165) is 4.68 Å². The Labute approximate surface area is 183 Å². The number of aliphatic hydroxyl groups is 2. The smallest absolute Gasteiger partial charge is 0.398 e. The number of nitrogen functional groups attached to an aromatic ring is 1. The van der Waals surface area contributed by atoms with E-state index in [9.17, 15) is 29.0 Å². The molecule has 1 aromatic carbocycles. The van der Waals surface area contributed by atoms with E-state index in [1.165, 1.54) is 25.4 Å². The Hall–Kier alpha value is -2.23. The number of H-pyrrole nitrogens is 1. The summed E-state index contributed by atoms with van der Waals surface area (Å²) in [5.74, 6) is 0. The van der Waals surface area contributed by atoms with Crippen LogP contribution in [-0.4, -0.2) is 69.3 Å². The highest BCUT2D eigenvalue weighted by molar-refractivity contribution is 7.60. The number of hydrogen-bond donors (Lipinski definition) is 7. The highest BCUT2D eigenvalue weighted by Crippen LogP contribution is 2.58. The summed E-state index contributed by atoms with van der Waals surface area (Å²) in [6.45, 7) is 0.336. The number of nitrogens with zero attached hydrogens (tertiary/aromatic N) is 3. The summed E-state index contributed by atoms with van der Waals surface area (Å²) in [5, 5.41) is 32.8. The Balaban J connectivity index is 1.68. The van der Waals surface area contributed by atoms with Gasteiger partial charge >= 0.3 is 15.6 Å². The maximum atomic E-state index is 12.1. The molecule has 16 nitrogen and oxygen atoms in total. The molecule has 0 amide bonds. The fraction of sp³-hybridized carbons (Fsp3) is 0.400. The molecule has 1 unspecified atom stereocenters. The molecule has 4 rings (SSSR count). The van der Waals surface area contributed by atoms with Crippen LogP contribution in [0, 0.1) is 0 Å². The van der Waals surface area contributed by atoms with Crippen LogP contribution in [0.1, 0.15) is 13.2 Å². The van der Waals surface area contributed by atoms with Crippen molar-refractivity contribution in [3.8, 4) is 0 Å². The molecule has 3 aromatic rings. The van der Waals surface area contributed by atoms with Gasteiger partial charge in [0.05, 0.1) is 18.2 Å². The number of hydrogen-bond acceptors (Lipinski definition) is 11. The predicted molar refractivity (Wildman–Crippen MR) is 110 cm³/mol. The highest BCUT2D eigenvalue weighted by Gasteiger charge is 2.54. The van der Waals surface area contributed by atoms with Gasteiger partial charge in [0, 0.05) is 22.7 Å². The summed E-state index contributed by atoms with van der Waals surface area (Å²) in [4.78, 5) is 38.9. The molecule has 18 heteroatoms. The molecule has 0 spiro atoms. The lowest BCUT2D eigenvalue weighted by Gasteiger charge is -2.27. The molecule has 33 heavy (non-hydrogen) atoms. The van der Waals surface area contributed by atoms with Crippen molar-refractivity contribution in [1.29, 1.82) is 0 Å². The number of nitrogens with two attached hydrogens (primary N) is 1. The van der Waals surface area contributed by atoms with Gasteiger partial charge < -0.3 is 35.4 Å². The van der Waals surface area contributed by atoms with Gasteiger partial charge in [0.2, 0.25) is 0 Å². The first-order valence-electron chi connectivity index (χ1n) is 9.14. The lowest BCUT2D eigenvalue weighted by Crippen LogP contribution is -2.44.